The van der Waals surface area contributed by atoms with E-state index in [1.54, 1.807) is 67.6 Å². The summed E-state index contributed by atoms with van der Waals surface area (Å²) in [7, 11) is -4.27. The lowest BCUT2D eigenvalue weighted by atomic mass is 10.0. The molecule has 0 saturated heterocycles. The van der Waals surface area contributed by atoms with Crippen molar-refractivity contribution >= 4 is 50.7 Å². The van der Waals surface area contributed by atoms with Gasteiger partial charge in [0.05, 0.1) is 17.2 Å². The number of carbonyl (C=O) groups is 2. The molecule has 2 amide bonds. The molecule has 0 saturated carbocycles. The van der Waals surface area contributed by atoms with Crippen LogP contribution in [-0.2, 0) is 32.6 Å². The third kappa shape index (κ3) is 8.81. The van der Waals surface area contributed by atoms with E-state index < -0.39 is 28.5 Å². The number of benzene rings is 4. The highest BCUT2D eigenvalue weighted by molar-refractivity contribution is 7.92. The number of para-hydroxylation sites is 2. The predicted octanol–water partition coefficient (Wildman–Crippen LogP) is 6.75. The summed E-state index contributed by atoms with van der Waals surface area (Å²) in [6, 6.07) is 27.5. The van der Waals surface area contributed by atoms with Crippen LogP contribution in [0, 0.1) is 0 Å². The second-order valence-electron chi connectivity index (χ2n) is 10.9. The van der Waals surface area contributed by atoms with Crippen molar-refractivity contribution in [2.45, 2.75) is 50.7 Å². The number of sulfonamides is 1. The Balaban J connectivity index is 1.85. The second kappa shape index (κ2) is 16.0. The summed E-state index contributed by atoms with van der Waals surface area (Å²) >= 11 is 12.7. The van der Waals surface area contributed by atoms with Crippen molar-refractivity contribution in [3.05, 3.63) is 124 Å². The number of halogens is 2. The standard InChI is InChI=1S/C35H37Cl2N3O5S/c1-4-45-33-18-12-11-17-31(33)40(46(43,44)29-15-9-6-10-16-29)24-34(41)39(23-27-19-20-28(36)22-30(27)37)32(35(42)38-25(2)3)21-26-13-7-5-8-14-26/h5-20,22,25,32H,4,21,23-24H2,1-3H3,(H,38,42). The molecule has 0 spiro atoms. The Labute approximate surface area is 280 Å². The average Bonchev–Trinajstić information content (AvgIpc) is 3.03. The van der Waals surface area contributed by atoms with Crippen molar-refractivity contribution < 1.29 is 22.7 Å². The first-order valence-electron chi connectivity index (χ1n) is 14.9. The van der Waals surface area contributed by atoms with E-state index in [-0.39, 0.29) is 42.1 Å². The third-order valence-corrected chi connectivity index (χ3v) is 9.46. The van der Waals surface area contributed by atoms with Gasteiger partial charge in [-0.15, -0.1) is 0 Å². The van der Waals surface area contributed by atoms with Crippen molar-refractivity contribution in [1.29, 1.82) is 0 Å². The van der Waals surface area contributed by atoms with E-state index in [0.717, 1.165) is 9.87 Å². The lowest BCUT2D eigenvalue weighted by molar-refractivity contribution is -0.140. The highest BCUT2D eigenvalue weighted by atomic mass is 35.5. The first-order chi connectivity index (χ1) is 22.0. The topological polar surface area (TPSA) is 96.0 Å². The summed E-state index contributed by atoms with van der Waals surface area (Å²) in [5, 5.41) is 3.66. The van der Waals surface area contributed by atoms with Gasteiger partial charge in [0.1, 0.15) is 18.3 Å². The van der Waals surface area contributed by atoms with E-state index in [4.69, 9.17) is 27.9 Å². The van der Waals surface area contributed by atoms with Crippen LogP contribution in [0.1, 0.15) is 31.9 Å². The fourth-order valence-electron chi connectivity index (χ4n) is 4.94. The molecule has 0 aliphatic heterocycles. The Bertz CT molecular complexity index is 1740. The number of hydrogen-bond acceptors (Lipinski definition) is 5. The summed E-state index contributed by atoms with van der Waals surface area (Å²) in [6.45, 7) is 5.03. The molecule has 1 atom stereocenters. The van der Waals surface area contributed by atoms with Crippen LogP contribution < -0.4 is 14.4 Å². The predicted molar refractivity (Wildman–Crippen MR) is 183 cm³/mol. The van der Waals surface area contributed by atoms with Crippen LogP contribution in [0.25, 0.3) is 0 Å². The largest absolute Gasteiger partial charge is 0.492 e. The third-order valence-electron chi connectivity index (χ3n) is 7.10. The van der Waals surface area contributed by atoms with Crippen molar-refractivity contribution in [1.82, 2.24) is 10.2 Å². The zero-order valence-electron chi connectivity index (χ0n) is 25.9. The molecule has 0 radical (unpaired) electrons. The number of anilines is 1. The zero-order chi connectivity index (χ0) is 33.3. The monoisotopic (exact) mass is 681 g/mol. The van der Waals surface area contributed by atoms with E-state index in [0.29, 0.717) is 21.4 Å². The van der Waals surface area contributed by atoms with Gasteiger partial charge in [-0.05, 0) is 68.3 Å². The van der Waals surface area contributed by atoms with Crippen LogP contribution in [0.3, 0.4) is 0 Å². The van der Waals surface area contributed by atoms with E-state index in [2.05, 4.69) is 5.32 Å². The summed E-state index contributed by atoms with van der Waals surface area (Å²) < 4.78 is 35.3. The quantitative estimate of drug-likeness (QED) is 0.159. The summed E-state index contributed by atoms with van der Waals surface area (Å²) in [5.41, 5.74) is 1.56. The van der Waals surface area contributed by atoms with Gasteiger partial charge in [-0.3, -0.25) is 13.9 Å². The fourth-order valence-corrected chi connectivity index (χ4v) is 6.86. The van der Waals surface area contributed by atoms with Gasteiger partial charge in [0.15, 0.2) is 0 Å². The lowest BCUT2D eigenvalue weighted by Gasteiger charge is -2.34. The van der Waals surface area contributed by atoms with Crippen LogP contribution in [0.15, 0.2) is 108 Å². The van der Waals surface area contributed by atoms with Crippen molar-refractivity contribution in [3.63, 3.8) is 0 Å². The molecule has 46 heavy (non-hydrogen) atoms. The van der Waals surface area contributed by atoms with E-state index in [1.807, 2.05) is 44.2 Å². The van der Waals surface area contributed by atoms with Gasteiger partial charge in [0, 0.05) is 29.1 Å². The molecule has 242 valence electrons. The van der Waals surface area contributed by atoms with Crippen molar-refractivity contribution in [2.75, 3.05) is 17.5 Å². The molecule has 0 bridgehead atoms. The smallest absolute Gasteiger partial charge is 0.264 e. The minimum atomic E-state index is -4.27. The molecule has 4 aromatic carbocycles. The molecular weight excluding hydrogens is 645 g/mol. The maximum Gasteiger partial charge on any atom is 0.264 e. The highest BCUT2D eigenvalue weighted by Gasteiger charge is 2.36. The second-order valence-corrected chi connectivity index (χ2v) is 13.6. The van der Waals surface area contributed by atoms with E-state index >= 15 is 0 Å². The highest BCUT2D eigenvalue weighted by Crippen LogP contribution is 2.33. The molecule has 4 aromatic rings. The maximum absolute atomic E-state index is 14.6. The summed E-state index contributed by atoms with van der Waals surface area (Å²) in [4.78, 5) is 29.8. The van der Waals surface area contributed by atoms with Gasteiger partial charge in [-0.2, -0.15) is 0 Å². The Morgan fingerprint density at radius 2 is 1.50 bits per heavy atom. The van der Waals surface area contributed by atoms with Crippen LogP contribution in [0.2, 0.25) is 10.0 Å². The average molecular weight is 683 g/mol. The van der Waals surface area contributed by atoms with Gasteiger partial charge >= 0.3 is 0 Å². The van der Waals surface area contributed by atoms with Crippen LogP contribution >= 0.6 is 23.2 Å². The van der Waals surface area contributed by atoms with Crippen molar-refractivity contribution in [2.24, 2.45) is 0 Å². The van der Waals surface area contributed by atoms with Gasteiger partial charge in [-0.25, -0.2) is 8.42 Å². The Kier molecular flexibility index (Phi) is 12.1. The van der Waals surface area contributed by atoms with Gasteiger partial charge in [0.2, 0.25) is 11.8 Å². The number of carbonyl (C=O) groups excluding carboxylic acids is 2. The molecule has 1 unspecified atom stereocenters. The summed E-state index contributed by atoms with van der Waals surface area (Å²) in [6.07, 6.45) is 0.178. The SMILES string of the molecule is CCOc1ccccc1N(CC(=O)N(Cc1ccc(Cl)cc1Cl)C(Cc1ccccc1)C(=O)NC(C)C)S(=O)(=O)c1ccccc1. The Morgan fingerprint density at radius 3 is 2.13 bits per heavy atom. The Morgan fingerprint density at radius 1 is 0.870 bits per heavy atom. The van der Waals surface area contributed by atoms with E-state index in [1.165, 1.54) is 17.0 Å². The molecule has 0 aliphatic carbocycles. The number of rotatable bonds is 14. The van der Waals surface area contributed by atoms with E-state index in [9.17, 15) is 18.0 Å². The van der Waals surface area contributed by atoms with Gasteiger partial charge < -0.3 is 15.0 Å². The lowest BCUT2D eigenvalue weighted by Crippen LogP contribution is -2.54. The van der Waals surface area contributed by atoms with Crippen LogP contribution in [0.4, 0.5) is 5.69 Å². The molecular formula is C35H37Cl2N3O5S. The molecule has 0 heterocycles. The molecule has 8 nitrogen and oxygen atoms in total. The summed E-state index contributed by atoms with van der Waals surface area (Å²) in [5.74, 6) is -0.705. The van der Waals surface area contributed by atoms with Crippen LogP contribution in [0.5, 0.6) is 5.75 Å². The number of amides is 2. The van der Waals surface area contributed by atoms with Crippen molar-refractivity contribution in [3.8, 4) is 5.75 Å². The zero-order valence-corrected chi connectivity index (χ0v) is 28.2. The maximum atomic E-state index is 14.6. The number of ether oxygens (including phenoxy) is 1. The Hall–Kier alpha value is -4.05. The molecule has 0 aromatic heterocycles. The van der Waals surface area contributed by atoms with Gasteiger partial charge in [0.25, 0.3) is 10.0 Å². The first kappa shape index (κ1) is 34.8. The number of hydrogen-bond donors (Lipinski definition) is 1. The minimum Gasteiger partial charge on any atom is -0.492 e. The fraction of sp³-hybridized carbons (Fsp3) is 0.257. The molecule has 4 rings (SSSR count). The molecule has 1 N–H and O–H groups in total. The number of nitrogens with zero attached hydrogens (tertiary/aromatic N) is 2. The molecule has 0 fully saturated rings. The first-order valence-corrected chi connectivity index (χ1v) is 17.1. The van der Waals surface area contributed by atoms with Crippen LogP contribution in [-0.4, -0.2) is 50.4 Å². The normalized spacial score (nSPS) is 12.0. The molecule has 0 aliphatic rings. The van der Waals surface area contributed by atoms with Gasteiger partial charge in [-0.1, -0.05) is 89.9 Å². The minimum absolute atomic E-state index is 0.000200. The number of nitrogens with one attached hydrogen (secondary N) is 1. The molecule has 11 heteroatoms.